The van der Waals surface area contributed by atoms with Crippen molar-refractivity contribution < 1.29 is 14.0 Å². The maximum absolute atomic E-state index is 11.8. The summed E-state index contributed by atoms with van der Waals surface area (Å²) >= 11 is 0. The Labute approximate surface area is 150 Å². The largest absolute Gasteiger partial charge is 0.467 e. The fraction of sp³-hybridized carbons (Fsp3) is 0.105. The smallest absolute Gasteiger partial charge is 0.244 e. The van der Waals surface area contributed by atoms with E-state index in [1.54, 1.807) is 29.1 Å². The third-order valence-electron chi connectivity index (χ3n) is 3.51. The molecule has 3 aromatic rings. The molecule has 0 spiro atoms. The number of hydrogen-bond acceptors (Lipinski definition) is 4. The lowest BCUT2D eigenvalue weighted by molar-refractivity contribution is -0.124. The first-order chi connectivity index (χ1) is 12.7. The molecule has 1 aromatic carbocycles. The van der Waals surface area contributed by atoms with Crippen molar-refractivity contribution in [1.29, 1.82) is 0 Å². The molecule has 0 fully saturated rings. The van der Waals surface area contributed by atoms with Gasteiger partial charge in [0, 0.05) is 17.8 Å². The molecule has 0 unspecified atom stereocenters. The zero-order valence-corrected chi connectivity index (χ0v) is 14.0. The van der Waals surface area contributed by atoms with E-state index in [-0.39, 0.29) is 24.9 Å². The van der Waals surface area contributed by atoms with E-state index in [1.807, 2.05) is 36.5 Å². The number of para-hydroxylation sites is 1. The van der Waals surface area contributed by atoms with E-state index in [9.17, 15) is 9.59 Å². The van der Waals surface area contributed by atoms with Gasteiger partial charge in [0.1, 0.15) is 5.76 Å². The minimum atomic E-state index is -0.356. The lowest BCUT2D eigenvalue weighted by Gasteiger charge is -2.03. The van der Waals surface area contributed by atoms with Crippen molar-refractivity contribution >= 4 is 17.9 Å². The monoisotopic (exact) mass is 350 g/mol. The van der Waals surface area contributed by atoms with Crippen molar-refractivity contribution in [2.24, 2.45) is 0 Å². The van der Waals surface area contributed by atoms with Gasteiger partial charge in [-0.2, -0.15) is 5.10 Å². The summed E-state index contributed by atoms with van der Waals surface area (Å²) < 4.78 is 6.83. The van der Waals surface area contributed by atoms with E-state index in [2.05, 4.69) is 15.7 Å². The summed E-state index contributed by atoms with van der Waals surface area (Å²) in [4.78, 5) is 23.5. The Hall–Kier alpha value is -3.61. The number of carbonyl (C=O) groups excluding carboxylic acids is 2. The van der Waals surface area contributed by atoms with Gasteiger partial charge in [0.05, 0.1) is 31.2 Å². The molecule has 0 atom stereocenters. The normalized spacial score (nSPS) is 10.8. The molecular weight excluding hydrogens is 332 g/mol. The fourth-order valence-electron chi connectivity index (χ4n) is 2.20. The molecule has 0 radical (unpaired) electrons. The third kappa shape index (κ3) is 4.94. The summed E-state index contributed by atoms with van der Waals surface area (Å²) in [6.45, 7) is 0.184. The number of nitrogens with one attached hydrogen (secondary N) is 2. The number of amides is 2. The molecule has 2 amide bonds. The van der Waals surface area contributed by atoms with Gasteiger partial charge in [-0.25, -0.2) is 4.68 Å². The van der Waals surface area contributed by atoms with Crippen LogP contribution in [0, 0.1) is 0 Å². The first kappa shape index (κ1) is 17.2. The molecule has 2 aromatic heterocycles. The molecule has 2 heterocycles. The quantitative estimate of drug-likeness (QED) is 0.637. The number of benzene rings is 1. The lowest BCUT2D eigenvalue weighted by atomic mass is 10.3. The SMILES string of the molecule is O=C(/C=C/c1cnn(-c2ccccc2)c1)NCC(=O)NCc1ccco1. The molecular formula is C19H18N4O3. The second kappa shape index (κ2) is 8.48. The molecule has 0 saturated heterocycles. The van der Waals surface area contributed by atoms with Crippen molar-refractivity contribution in [3.63, 3.8) is 0 Å². The average molecular weight is 350 g/mol. The molecule has 0 aliphatic carbocycles. The molecule has 0 saturated carbocycles. The Morgan fingerprint density at radius 2 is 1.96 bits per heavy atom. The van der Waals surface area contributed by atoms with E-state index >= 15 is 0 Å². The molecule has 0 aliphatic heterocycles. The number of furan rings is 1. The van der Waals surface area contributed by atoms with Gasteiger partial charge in [-0.15, -0.1) is 0 Å². The number of hydrogen-bond donors (Lipinski definition) is 2. The van der Waals surface area contributed by atoms with E-state index in [4.69, 9.17) is 4.42 Å². The molecule has 7 heteroatoms. The van der Waals surface area contributed by atoms with Gasteiger partial charge in [-0.3, -0.25) is 9.59 Å². The van der Waals surface area contributed by atoms with Crippen LogP contribution in [0.4, 0.5) is 0 Å². The van der Waals surface area contributed by atoms with Gasteiger partial charge >= 0.3 is 0 Å². The minimum absolute atomic E-state index is 0.104. The minimum Gasteiger partial charge on any atom is -0.467 e. The van der Waals surface area contributed by atoms with Crippen LogP contribution in [0.25, 0.3) is 11.8 Å². The molecule has 2 N–H and O–H groups in total. The van der Waals surface area contributed by atoms with Gasteiger partial charge in [0.15, 0.2) is 0 Å². The summed E-state index contributed by atoms with van der Waals surface area (Å²) in [6, 6.07) is 13.2. The van der Waals surface area contributed by atoms with E-state index in [0.29, 0.717) is 5.76 Å². The highest BCUT2D eigenvalue weighted by Gasteiger charge is 2.04. The first-order valence-corrected chi connectivity index (χ1v) is 8.06. The van der Waals surface area contributed by atoms with Crippen LogP contribution in [-0.2, 0) is 16.1 Å². The zero-order valence-electron chi connectivity index (χ0n) is 14.0. The van der Waals surface area contributed by atoms with E-state index in [0.717, 1.165) is 11.3 Å². The zero-order chi connectivity index (χ0) is 18.2. The van der Waals surface area contributed by atoms with Gasteiger partial charge in [-0.05, 0) is 30.3 Å². The van der Waals surface area contributed by atoms with Crippen molar-refractivity contribution in [3.8, 4) is 5.69 Å². The standard InChI is InChI=1S/C19H18N4O3/c24-18(21-13-19(25)20-12-17-7-4-10-26-17)9-8-15-11-22-23(14-15)16-5-2-1-3-6-16/h1-11,14H,12-13H2,(H,20,25)(H,21,24)/b9-8+. The van der Waals surface area contributed by atoms with Crippen LogP contribution < -0.4 is 10.6 Å². The molecule has 7 nitrogen and oxygen atoms in total. The van der Waals surface area contributed by atoms with Crippen LogP contribution in [-0.4, -0.2) is 28.1 Å². The van der Waals surface area contributed by atoms with E-state index in [1.165, 1.54) is 12.3 Å². The van der Waals surface area contributed by atoms with Gasteiger partial charge in [-0.1, -0.05) is 18.2 Å². The first-order valence-electron chi connectivity index (χ1n) is 8.06. The molecule has 0 bridgehead atoms. The molecule has 132 valence electrons. The van der Waals surface area contributed by atoms with Gasteiger partial charge < -0.3 is 15.1 Å². The van der Waals surface area contributed by atoms with E-state index < -0.39 is 0 Å². The predicted molar refractivity (Wildman–Crippen MR) is 96.2 cm³/mol. The summed E-state index contributed by atoms with van der Waals surface area (Å²) in [7, 11) is 0. The van der Waals surface area contributed by atoms with Gasteiger partial charge in [0.2, 0.25) is 11.8 Å². The van der Waals surface area contributed by atoms with Crippen LogP contribution in [0.2, 0.25) is 0 Å². The summed E-state index contributed by atoms with van der Waals surface area (Å²) in [5, 5.41) is 9.42. The van der Waals surface area contributed by atoms with Crippen molar-refractivity contribution in [3.05, 3.63) is 78.5 Å². The summed E-state index contributed by atoms with van der Waals surface area (Å²) in [5.41, 5.74) is 1.72. The Morgan fingerprint density at radius 3 is 2.73 bits per heavy atom. The predicted octanol–water partition coefficient (Wildman–Crippen LogP) is 1.91. The molecule has 3 rings (SSSR count). The van der Waals surface area contributed by atoms with Crippen molar-refractivity contribution in [1.82, 2.24) is 20.4 Å². The Bertz CT molecular complexity index is 883. The highest BCUT2D eigenvalue weighted by molar-refractivity contribution is 5.94. The summed E-state index contributed by atoms with van der Waals surface area (Å²) in [6.07, 6.45) is 8.02. The van der Waals surface area contributed by atoms with Crippen LogP contribution in [0.1, 0.15) is 11.3 Å². The number of carbonyl (C=O) groups is 2. The number of rotatable bonds is 7. The number of aromatic nitrogens is 2. The second-order valence-electron chi connectivity index (χ2n) is 5.46. The van der Waals surface area contributed by atoms with Crippen molar-refractivity contribution in [2.75, 3.05) is 6.54 Å². The summed E-state index contributed by atoms with van der Waals surface area (Å²) in [5.74, 6) is 0.00524. The molecule has 0 aliphatic rings. The lowest BCUT2D eigenvalue weighted by Crippen LogP contribution is -2.35. The van der Waals surface area contributed by atoms with Crippen molar-refractivity contribution in [2.45, 2.75) is 6.54 Å². The average Bonchev–Trinajstić information content (AvgIpc) is 3.35. The Kier molecular flexibility index (Phi) is 5.61. The molecule has 26 heavy (non-hydrogen) atoms. The number of nitrogens with zero attached hydrogens (tertiary/aromatic N) is 2. The Morgan fingerprint density at radius 1 is 1.12 bits per heavy atom. The fourth-order valence-corrected chi connectivity index (χ4v) is 2.20. The van der Waals surface area contributed by atoms with Crippen LogP contribution in [0.5, 0.6) is 0 Å². The maximum atomic E-state index is 11.8. The highest BCUT2D eigenvalue weighted by Crippen LogP contribution is 2.08. The highest BCUT2D eigenvalue weighted by atomic mass is 16.3. The Balaban J connectivity index is 1.44. The van der Waals surface area contributed by atoms with Crippen LogP contribution in [0.3, 0.4) is 0 Å². The topological polar surface area (TPSA) is 89.2 Å². The van der Waals surface area contributed by atoms with Gasteiger partial charge in [0.25, 0.3) is 0 Å². The van der Waals surface area contributed by atoms with Crippen LogP contribution in [0.15, 0.2) is 71.6 Å². The third-order valence-corrected chi connectivity index (χ3v) is 3.51. The van der Waals surface area contributed by atoms with Crippen LogP contribution >= 0.6 is 0 Å². The second-order valence-corrected chi connectivity index (χ2v) is 5.46. The maximum Gasteiger partial charge on any atom is 0.244 e.